The van der Waals surface area contributed by atoms with Crippen LogP contribution in [-0.4, -0.2) is 86.1 Å². The fraction of sp³-hybridized carbons (Fsp3) is 0.545. The van der Waals surface area contributed by atoms with E-state index in [2.05, 4.69) is 68.2 Å². The van der Waals surface area contributed by atoms with E-state index in [-0.39, 0.29) is 98.8 Å². The molecular weight excluding hydrogens is 843 g/mol. The third-order valence-corrected chi connectivity index (χ3v) is 20.1. The van der Waals surface area contributed by atoms with E-state index in [0.29, 0.717) is 26.1 Å². The first-order valence-electron chi connectivity index (χ1n) is 20.7. The lowest BCUT2D eigenvalue weighted by atomic mass is 9.92. The van der Waals surface area contributed by atoms with Gasteiger partial charge in [0, 0.05) is 49.1 Å². The first kappa shape index (κ1) is 44.6. The summed E-state index contributed by atoms with van der Waals surface area (Å²) >= 11 is 6.96. The van der Waals surface area contributed by atoms with Crippen molar-refractivity contribution in [1.82, 2.24) is 20.2 Å². The van der Waals surface area contributed by atoms with Gasteiger partial charge in [0.05, 0.1) is 27.1 Å². The summed E-state index contributed by atoms with van der Waals surface area (Å²) in [5.74, 6) is -0.210. The molecule has 0 radical (unpaired) electrons. The maximum atomic E-state index is 17.7. The molecule has 1 N–H and O–H groups in total. The summed E-state index contributed by atoms with van der Waals surface area (Å²) in [5, 5.41) is 3.16. The highest BCUT2D eigenvalue weighted by atomic mass is 35.5. The van der Waals surface area contributed by atoms with Gasteiger partial charge < -0.3 is 19.7 Å². The van der Waals surface area contributed by atoms with Crippen LogP contribution >= 0.6 is 24.0 Å². The van der Waals surface area contributed by atoms with Gasteiger partial charge in [-0.3, -0.25) is 4.90 Å². The Balaban J connectivity index is 0.00000544. The van der Waals surface area contributed by atoms with Gasteiger partial charge in [-0.15, -0.1) is 18.0 Å². The highest BCUT2D eigenvalue weighted by molar-refractivity contribution is 6.90. The molecule has 60 heavy (non-hydrogen) atoms. The molecule has 324 valence electrons. The van der Waals surface area contributed by atoms with E-state index in [4.69, 9.17) is 26.1 Å². The first-order chi connectivity index (χ1) is 28.0. The Morgan fingerprint density at radius 2 is 1.63 bits per heavy atom. The van der Waals surface area contributed by atoms with Crippen LogP contribution in [0.5, 0.6) is 11.8 Å². The number of hydrogen-bond donors (Lipinski definition) is 1. The maximum absolute atomic E-state index is 17.7. The smallest absolute Gasteiger partial charge is 0.387 e. The van der Waals surface area contributed by atoms with Gasteiger partial charge in [-0.05, 0) is 72.4 Å². The van der Waals surface area contributed by atoms with Gasteiger partial charge in [-0.2, -0.15) is 18.7 Å². The van der Waals surface area contributed by atoms with Crippen LogP contribution in [0.25, 0.3) is 32.8 Å². The molecule has 4 aliphatic rings. The first-order valence-corrected chi connectivity index (χ1v) is 23.3. The molecule has 0 saturated carbocycles. The molecule has 7 nitrogen and oxygen atoms in total. The quantitative estimate of drug-likeness (QED) is 0.0736. The molecule has 8 rings (SSSR count). The number of ether oxygens (including phenoxy) is 2. The monoisotopic (exact) mass is 893 g/mol. The van der Waals surface area contributed by atoms with E-state index in [1.165, 1.54) is 12.1 Å². The summed E-state index contributed by atoms with van der Waals surface area (Å²) in [6.07, 6.45) is 2.69. The fourth-order valence-corrected chi connectivity index (χ4v) is 16.4. The van der Waals surface area contributed by atoms with Gasteiger partial charge in [0.1, 0.15) is 43.8 Å². The average molecular weight is 895 g/mol. The molecule has 3 aromatic carbocycles. The Morgan fingerprint density at radius 1 is 0.950 bits per heavy atom. The topological polar surface area (TPSA) is 62.8 Å². The number of fused-ring (bicyclic) bond motifs is 5. The molecule has 1 aromatic heterocycles. The molecule has 2 bridgehead atoms. The van der Waals surface area contributed by atoms with Gasteiger partial charge in [0.15, 0.2) is 11.6 Å². The summed E-state index contributed by atoms with van der Waals surface area (Å²) in [4.78, 5) is 13.3. The zero-order valence-electron chi connectivity index (χ0n) is 34.6. The summed E-state index contributed by atoms with van der Waals surface area (Å²) in [7, 11) is -2.47. The lowest BCUT2D eigenvalue weighted by Crippen LogP contribution is -2.51. The minimum absolute atomic E-state index is 0. The standard InChI is InChI=1S/C44H50ClF6N5O2Si.ClH/c1-23(2)59(24(3)4,25(5)6)15-12-31-33(47)11-8-26-16-30(58-42(50)51)17-32(34(26)31)35-38(48)37(45)36-40(39(35)49)53-43(54-41(36)55-20-28-9-10-29(21-55)52-28)57-22-44-13-7-14-56(44)19-27(46)18-44;/h8,11,16-17,23-25,27-29,42,52H,7,9-10,13-14,18-22H2,1-6H3;1H/t27-,28?,29?,44+;/m1./s1. The average Bonchev–Trinajstić information content (AvgIpc) is 3.82. The zero-order chi connectivity index (χ0) is 42.1. The Morgan fingerprint density at radius 3 is 2.28 bits per heavy atom. The molecule has 4 aromatic rings. The van der Waals surface area contributed by atoms with E-state index >= 15 is 13.2 Å². The Hall–Kier alpha value is -3.48. The summed E-state index contributed by atoms with van der Waals surface area (Å²) in [5.41, 5.74) is 2.02. The Bertz CT molecular complexity index is 2330. The van der Waals surface area contributed by atoms with Crippen LogP contribution in [0.2, 0.25) is 21.6 Å². The van der Waals surface area contributed by atoms with Gasteiger partial charge in [-0.25, -0.2) is 17.6 Å². The molecule has 4 atom stereocenters. The molecule has 16 heteroatoms. The number of halogens is 8. The van der Waals surface area contributed by atoms with Crippen molar-refractivity contribution in [2.24, 2.45) is 0 Å². The van der Waals surface area contributed by atoms with Crippen LogP contribution in [0.3, 0.4) is 0 Å². The molecule has 0 aliphatic carbocycles. The van der Waals surface area contributed by atoms with E-state index < -0.39 is 60.2 Å². The zero-order valence-corrected chi connectivity index (χ0v) is 37.2. The minimum atomic E-state index is -3.27. The van der Waals surface area contributed by atoms with Crippen molar-refractivity contribution >= 4 is 59.6 Å². The number of anilines is 1. The predicted octanol–water partition coefficient (Wildman–Crippen LogP) is 11.0. The maximum Gasteiger partial charge on any atom is 0.387 e. The van der Waals surface area contributed by atoms with Crippen LogP contribution in [0, 0.1) is 28.9 Å². The highest BCUT2D eigenvalue weighted by Crippen LogP contribution is 2.47. The molecule has 4 aliphatic heterocycles. The third kappa shape index (κ3) is 7.69. The van der Waals surface area contributed by atoms with Crippen molar-refractivity contribution in [3.05, 3.63) is 52.3 Å². The van der Waals surface area contributed by atoms with Crippen molar-refractivity contribution in [2.45, 2.75) is 121 Å². The molecule has 0 amide bonds. The predicted molar refractivity (Wildman–Crippen MR) is 230 cm³/mol. The number of nitrogens with one attached hydrogen (secondary N) is 1. The second-order valence-electron chi connectivity index (χ2n) is 17.8. The van der Waals surface area contributed by atoms with Gasteiger partial charge in [0.2, 0.25) is 0 Å². The lowest BCUT2D eigenvalue weighted by Gasteiger charge is -2.38. The lowest BCUT2D eigenvalue weighted by molar-refractivity contribution is -0.0497. The normalized spacial score (nSPS) is 22.9. The highest BCUT2D eigenvalue weighted by Gasteiger charge is 2.49. The van der Waals surface area contributed by atoms with Crippen molar-refractivity contribution in [2.75, 3.05) is 37.7 Å². The van der Waals surface area contributed by atoms with Crippen molar-refractivity contribution in [3.8, 4) is 34.4 Å². The molecule has 0 spiro atoms. The van der Waals surface area contributed by atoms with Crippen LogP contribution in [0.15, 0.2) is 24.3 Å². The second-order valence-corrected chi connectivity index (χ2v) is 23.8. The number of piperazine rings is 1. The fourth-order valence-electron chi connectivity index (χ4n) is 10.9. The molecule has 4 saturated heterocycles. The van der Waals surface area contributed by atoms with Crippen LogP contribution < -0.4 is 19.7 Å². The van der Waals surface area contributed by atoms with Crippen molar-refractivity contribution < 1.29 is 35.8 Å². The van der Waals surface area contributed by atoms with E-state index in [9.17, 15) is 13.2 Å². The van der Waals surface area contributed by atoms with E-state index in [1.54, 1.807) is 0 Å². The van der Waals surface area contributed by atoms with Crippen LogP contribution in [0.4, 0.5) is 32.2 Å². The second kappa shape index (κ2) is 17.0. The van der Waals surface area contributed by atoms with Gasteiger partial charge >= 0.3 is 12.6 Å². The molecule has 4 fully saturated rings. The van der Waals surface area contributed by atoms with Crippen LogP contribution in [-0.2, 0) is 0 Å². The SMILES string of the molecule is CC(C)[Si](C#Cc1c(F)ccc2cc(OC(F)F)cc(-c3c(F)c(Cl)c4c(N5CC6CCC(C5)N6)nc(OC[C@@]56CCCN5C[C@H](F)C6)nc4c3F)c12)(C(C)C)C(C)C.Cl. The third-order valence-electron chi connectivity index (χ3n) is 13.5. The molecular formula is C44H51Cl2F6N5O2Si. The summed E-state index contributed by atoms with van der Waals surface area (Å²) < 4.78 is 104. The number of nitrogens with zero attached hydrogens (tertiary/aromatic N) is 4. The van der Waals surface area contributed by atoms with Gasteiger partial charge in [-0.1, -0.05) is 65.1 Å². The van der Waals surface area contributed by atoms with Crippen LogP contribution in [0.1, 0.15) is 79.2 Å². The van der Waals surface area contributed by atoms with Crippen molar-refractivity contribution in [3.63, 3.8) is 0 Å². The Labute approximate surface area is 359 Å². The minimum Gasteiger partial charge on any atom is -0.461 e. The largest absolute Gasteiger partial charge is 0.461 e. The number of benzene rings is 3. The molecule has 5 heterocycles. The number of rotatable bonds is 10. The summed E-state index contributed by atoms with van der Waals surface area (Å²) in [6.45, 7) is 11.4. The van der Waals surface area contributed by atoms with Crippen molar-refractivity contribution in [1.29, 1.82) is 0 Å². The summed E-state index contributed by atoms with van der Waals surface area (Å²) in [6, 6.07) is 4.88. The van der Waals surface area contributed by atoms with E-state index in [0.717, 1.165) is 37.9 Å². The molecule has 2 unspecified atom stereocenters. The van der Waals surface area contributed by atoms with E-state index in [1.807, 2.05) is 4.90 Å². The number of alkyl halides is 3. The van der Waals surface area contributed by atoms with Gasteiger partial charge in [0.25, 0.3) is 0 Å². The number of hydrogen-bond acceptors (Lipinski definition) is 7. The number of aromatic nitrogens is 2. The Kier molecular flexibility index (Phi) is 12.6.